The van der Waals surface area contributed by atoms with E-state index in [2.05, 4.69) is 48.5 Å². The van der Waals surface area contributed by atoms with Crippen LogP contribution < -0.4 is 15.4 Å². The van der Waals surface area contributed by atoms with E-state index in [-0.39, 0.29) is 6.04 Å². The van der Waals surface area contributed by atoms with Gasteiger partial charge in [0, 0.05) is 24.2 Å². The van der Waals surface area contributed by atoms with Crippen LogP contribution in [0.25, 0.3) is 0 Å². The zero-order chi connectivity index (χ0) is 20.4. The van der Waals surface area contributed by atoms with Crippen molar-refractivity contribution in [3.05, 3.63) is 60.2 Å². The average molecular weight is 402 g/mol. The highest BCUT2D eigenvalue weighted by Gasteiger charge is 2.09. The number of nitrogens with zero attached hydrogens (tertiary/aromatic N) is 1. The van der Waals surface area contributed by atoms with E-state index in [1.54, 1.807) is 7.05 Å². The van der Waals surface area contributed by atoms with Crippen molar-refractivity contribution < 1.29 is 8.95 Å². The van der Waals surface area contributed by atoms with Crippen LogP contribution >= 0.6 is 0 Å². The highest BCUT2D eigenvalue weighted by Crippen LogP contribution is 2.18. The van der Waals surface area contributed by atoms with Gasteiger partial charge < -0.3 is 15.4 Å². The van der Waals surface area contributed by atoms with Crippen LogP contribution in [0.15, 0.2) is 64.5 Å². The molecule has 0 aliphatic carbocycles. The van der Waals surface area contributed by atoms with Crippen LogP contribution in [0.4, 0.5) is 0 Å². The fourth-order valence-electron chi connectivity index (χ4n) is 2.55. The summed E-state index contributed by atoms with van der Waals surface area (Å²) in [6.45, 7) is 7.64. The molecule has 6 heteroatoms. The van der Waals surface area contributed by atoms with Crippen LogP contribution in [-0.2, 0) is 10.8 Å². The Bertz CT molecular complexity index is 761. The molecular weight excluding hydrogens is 370 g/mol. The Morgan fingerprint density at radius 1 is 1.07 bits per heavy atom. The summed E-state index contributed by atoms with van der Waals surface area (Å²) in [6, 6.07) is 17.7. The van der Waals surface area contributed by atoms with Gasteiger partial charge in [0.15, 0.2) is 5.96 Å². The predicted molar refractivity (Wildman–Crippen MR) is 117 cm³/mol. The van der Waals surface area contributed by atoms with Crippen LogP contribution in [-0.4, -0.2) is 36.1 Å². The molecule has 0 heterocycles. The Labute approximate surface area is 171 Å². The van der Waals surface area contributed by atoms with E-state index >= 15 is 0 Å². The molecule has 5 nitrogen and oxygen atoms in total. The zero-order valence-electron chi connectivity index (χ0n) is 17.1. The number of rotatable bonds is 9. The Morgan fingerprint density at radius 2 is 1.75 bits per heavy atom. The number of aliphatic imine (C=N–C) groups is 1. The smallest absolute Gasteiger partial charge is 0.191 e. The molecule has 0 saturated carbocycles. The van der Waals surface area contributed by atoms with Crippen LogP contribution in [0.1, 0.15) is 32.4 Å². The van der Waals surface area contributed by atoms with Gasteiger partial charge in [0.05, 0.1) is 23.4 Å². The summed E-state index contributed by atoms with van der Waals surface area (Å²) in [4.78, 5) is 5.11. The van der Waals surface area contributed by atoms with Crippen molar-refractivity contribution in [1.82, 2.24) is 10.6 Å². The molecule has 0 radical (unpaired) electrons. The number of benzene rings is 2. The first kappa shape index (κ1) is 22.0. The van der Waals surface area contributed by atoms with Crippen molar-refractivity contribution in [2.45, 2.75) is 31.7 Å². The first-order valence-electron chi connectivity index (χ1n) is 9.63. The lowest BCUT2D eigenvalue weighted by molar-refractivity contribution is 0.271. The molecule has 0 spiro atoms. The summed E-state index contributed by atoms with van der Waals surface area (Å²) in [5, 5.41) is 6.60. The molecule has 0 fully saturated rings. The van der Waals surface area contributed by atoms with Gasteiger partial charge in [-0.05, 0) is 42.7 Å². The lowest BCUT2D eigenvalue weighted by Gasteiger charge is -2.19. The molecule has 0 amide bonds. The van der Waals surface area contributed by atoms with E-state index in [1.807, 2.05) is 42.5 Å². The molecule has 152 valence electrons. The lowest BCUT2D eigenvalue weighted by atomic mass is 10.1. The Hall–Kier alpha value is -2.34. The third-order valence-corrected chi connectivity index (χ3v) is 5.50. The summed E-state index contributed by atoms with van der Waals surface area (Å²) in [5.41, 5.74) is 1.15. The molecule has 0 saturated heterocycles. The van der Waals surface area contributed by atoms with Crippen molar-refractivity contribution >= 4 is 16.8 Å². The number of ether oxygens (including phenoxy) is 1. The number of guanidine groups is 1. The fourth-order valence-corrected chi connectivity index (χ4v) is 3.53. The van der Waals surface area contributed by atoms with Gasteiger partial charge in [-0.3, -0.25) is 9.20 Å². The minimum atomic E-state index is -1.02. The van der Waals surface area contributed by atoms with Gasteiger partial charge in [-0.15, -0.1) is 0 Å². The summed E-state index contributed by atoms with van der Waals surface area (Å²) in [6.07, 6.45) is 0. The Balaban J connectivity index is 1.80. The van der Waals surface area contributed by atoms with Gasteiger partial charge in [0.25, 0.3) is 0 Å². The molecule has 2 unspecified atom stereocenters. The maximum absolute atomic E-state index is 12.3. The second kappa shape index (κ2) is 11.5. The SMILES string of the molecule is CN=C(NCCS(=O)c1ccccc1)NC(C)c1ccc(OCC(C)C)cc1. The highest BCUT2D eigenvalue weighted by atomic mass is 32.2. The van der Waals surface area contributed by atoms with Gasteiger partial charge in [-0.1, -0.05) is 44.2 Å². The third-order valence-electron chi connectivity index (χ3n) is 4.13. The van der Waals surface area contributed by atoms with Crippen molar-refractivity contribution in [2.75, 3.05) is 26.0 Å². The lowest BCUT2D eigenvalue weighted by Crippen LogP contribution is -2.40. The number of hydrogen-bond donors (Lipinski definition) is 2. The Morgan fingerprint density at radius 3 is 2.36 bits per heavy atom. The quantitative estimate of drug-likeness (QED) is 0.496. The normalized spacial score (nSPS) is 13.8. The van der Waals surface area contributed by atoms with Crippen LogP contribution in [0.2, 0.25) is 0 Å². The molecule has 2 atom stereocenters. The minimum absolute atomic E-state index is 0.0879. The monoisotopic (exact) mass is 401 g/mol. The highest BCUT2D eigenvalue weighted by molar-refractivity contribution is 7.85. The van der Waals surface area contributed by atoms with Crippen LogP contribution in [0, 0.1) is 5.92 Å². The molecule has 2 rings (SSSR count). The molecular formula is C22H31N3O2S. The summed E-state index contributed by atoms with van der Waals surface area (Å²) in [5.74, 6) is 2.61. The molecule has 0 aromatic heterocycles. The van der Waals surface area contributed by atoms with Gasteiger partial charge in [-0.25, -0.2) is 0 Å². The molecule has 0 bridgehead atoms. The van der Waals surface area contributed by atoms with Gasteiger partial charge in [0.2, 0.25) is 0 Å². The Kier molecular flexibility index (Phi) is 9.01. The standard InChI is InChI=1S/C22H31N3O2S/c1-17(2)16-27-20-12-10-19(11-13-20)18(3)25-22(23-4)24-14-15-28(26)21-8-6-5-7-9-21/h5-13,17-18H,14-16H2,1-4H3,(H2,23,24,25). The zero-order valence-corrected chi connectivity index (χ0v) is 18.0. The maximum atomic E-state index is 12.3. The van der Waals surface area contributed by atoms with Crippen molar-refractivity contribution in [3.8, 4) is 5.75 Å². The van der Waals surface area contributed by atoms with E-state index in [0.717, 1.165) is 16.2 Å². The first-order valence-corrected chi connectivity index (χ1v) is 10.9. The topological polar surface area (TPSA) is 62.7 Å². The second-order valence-corrected chi connectivity index (χ2v) is 8.57. The average Bonchev–Trinajstić information content (AvgIpc) is 2.72. The molecule has 2 N–H and O–H groups in total. The van der Waals surface area contributed by atoms with Crippen molar-refractivity contribution in [2.24, 2.45) is 10.9 Å². The van der Waals surface area contributed by atoms with E-state index in [4.69, 9.17) is 4.74 Å². The first-order chi connectivity index (χ1) is 13.5. The second-order valence-electron chi connectivity index (χ2n) is 7.00. The fraction of sp³-hybridized carbons (Fsp3) is 0.409. The largest absolute Gasteiger partial charge is 0.493 e. The summed E-state index contributed by atoms with van der Waals surface area (Å²) < 4.78 is 18.0. The van der Waals surface area contributed by atoms with Gasteiger partial charge in [0.1, 0.15) is 5.75 Å². The molecule has 0 aliphatic heterocycles. The van der Waals surface area contributed by atoms with E-state index in [1.165, 1.54) is 0 Å². The minimum Gasteiger partial charge on any atom is -0.493 e. The molecule has 28 heavy (non-hydrogen) atoms. The van der Waals surface area contributed by atoms with Gasteiger partial charge >= 0.3 is 0 Å². The number of nitrogens with one attached hydrogen (secondary N) is 2. The van der Waals surface area contributed by atoms with Crippen molar-refractivity contribution in [3.63, 3.8) is 0 Å². The van der Waals surface area contributed by atoms with E-state index in [0.29, 0.717) is 30.8 Å². The van der Waals surface area contributed by atoms with Gasteiger partial charge in [-0.2, -0.15) is 0 Å². The maximum Gasteiger partial charge on any atom is 0.191 e. The predicted octanol–water partition coefficient (Wildman–Crippen LogP) is 3.76. The molecule has 0 aliphatic rings. The summed E-state index contributed by atoms with van der Waals surface area (Å²) >= 11 is 0. The molecule has 2 aromatic rings. The van der Waals surface area contributed by atoms with Crippen LogP contribution in [0.5, 0.6) is 5.75 Å². The molecule has 2 aromatic carbocycles. The third kappa shape index (κ3) is 7.35. The van der Waals surface area contributed by atoms with E-state index < -0.39 is 10.8 Å². The number of hydrogen-bond acceptors (Lipinski definition) is 3. The van der Waals surface area contributed by atoms with E-state index in [9.17, 15) is 4.21 Å². The van der Waals surface area contributed by atoms with Crippen LogP contribution in [0.3, 0.4) is 0 Å². The summed E-state index contributed by atoms with van der Waals surface area (Å²) in [7, 11) is 0.717. The van der Waals surface area contributed by atoms with Crippen molar-refractivity contribution in [1.29, 1.82) is 0 Å².